The van der Waals surface area contributed by atoms with Crippen molar-refractivity contribution in [1.82, 2.24) is 14.8 Å². The first kappa shape index (κ1) is 18.3. The fourth-order valence-corrected chi connectivity index (χ4v) is 3.81. The van der Waals surface area contributed by atoms with E-state index in [9.17, 15) is 4.79 Å². The van der Waals surface area contributed by atoms with Gasteiger partial charge >= 0.3 is 0 Å². The molecule has 0 N–H and O–H groups in total. The van der Waals surface area contributed by atoms with E-state index in [1.54, 1.807) is 28.8 Å². The highest BCUT2D eigenvalue weighted by atomic mass is 35.5. The van der Waals surface area contributed by atoms with Gasteiger partial charge < -0.3 is 4.90 Å². The summed E-state index contributed by atoms with van der Waals surface area (Å²) < 4.78 is 1.69. The third-order valence-electron chi connectivity index (χ3n) is 4.47. The van der Waals surface area contributed by atoms with E-state index in [1.807, 2.05) is 29.5 Å². The van der Waals surface area contributed by atoms with Crippen LogP contribution in [0.15, 0.2) is 30.7 Å². The molecule has 2 aromatic rings. The van der Waals surface area contributed by atoms with Gasteiger partial charge in [-0.15, -0.1) is 0 Å². The molecule has 3 rings (SSSR count). The molecule has 0 spiro atoms. The van der Waals surface area contributed by atoms with E-state index in [2.05, 4.69) is 17.0 Å². The number of hydrogen-bond acceptors (Lipinski definition) is 4. The van der Waals surface area contributed by atoms with Crippen LogP contribution in [0, 0.1) is 11.8 Å². The predicted molar refractivity (Wildman–Crippen MR) is 104 cm³/mol. The molecule has 0 aliphatic heterocycles. The van der Waals surface area contributed by atoms with Crippen LogP contribution in [0.2, 0.25) is 5.15 Å². The zero-order valence-electron chi connectivity index (χ0n) is 14.6. The second kappa shape index (κ2) is 8.23. The van der Waals surface area contributed by atoms with Crippen molar-refractivity contribution in [2.24, 2.45) is 11.8 Å². The highest BCUT2D eigenvalue weighted by Crippen LogP contribution is 2.35. The molecule has 2 aromatic heterocycles. The Morgan fingerprint density at radius 2 is 2.32 bits per heavy atom. The van der Waals surface area contributed by atoms with Gasteiger partial charge in [-0.05, 0) is 43.6 Å². The Morgan fingerprint density at radius 1 is 1.52 bits per heavy atom. The fourth-order valence-electron chi connectivity index (χ4n) is 2.80. The standard InChI is InChI=1S/C18H23ClN4OS/c1-3-14(12-25-2)18(24)22(10-13-6-7-13)16-11-23(21-17(16)19)15-5-4-8-20-9-15/h4-5,8-9,11,13-14H,3,6-7,10,12H2,1-2H3. The summed E-state index contributed by atoms with van der Waals surface area (Å²) in [6, 6.07) is 3.76. The monoisotopic (exact) mass is 378 g/mol. The van der Waals surface area contributed by atoms with Crippen LogP contribution in [0.3, 0.4) is 0 Å². The maximum Gasteiger partial charge on any atom is 0.231 e. The number of carbonyl (C=O) groups excluding carboxylic acids is 1. The Hall–Kier alpha value is -1.53. The van der Waals surface area contributed by atoms with E-state index in [-0.39, 0.29) is 11.8 Å². The molecule has 25 heavy (non-hydrogen) atoms. The number of amides is 1. The van der Waals surface area contributed by atoms with Crippen molar-refractivity contribution in [3.63, 3.8) is 0 Å². The molecular weight excluding hydrogens is 356 g/mol. The molecule has 7 heteroatoms. The number of anilines is 1. The van der Waals surface area contributed by atoms with Gasteiger partial charge in [0.05, 0.1) is 18.1 Å². The molecule has 134 valence electrons. The summed E-state index contributed by atoms with van der Waals surface area (Å²) in [5.41, 5.74) is 1.52. The summed E-state index contributed by atoms with van der Waals surface area (Å²) in [6.45, 7) is 2.79. The number of rotatable bonds is 8. The minimum atomic E-state index is 0.00607. The molecule has 0 bridgehead atoms. The quantitative estimate of drug-likeness (QED) is 0.695. The van der Waals surface area contributed by atoms with Gasteiger partial charge in [0.2, 0.25) is 5.91 Å². The number of aromatic nitrogens is 3. The maximum absolute atomic E-state index is 13.1. The number of nitrogens with zero attached hydrogens (tertiary/aromatic N) is 4. The minimum absolute atomic E-state index is 0.00607. The largest absolute Gasteiger partial charge is 0.308 e. The van der Waals surface area contributed by atoms with Crippen LogP contribution in [0.4, 0.5) is 5.69 Å². The molecule has 2 heterocycles. The van der Waals surface area contributed by atoms with Crippen molar-refractivity contribution < 1.29 is 4.79 Å². The molecule has 5 nitrogen and oxygen atoms in total. The summed E-state index contributed by atoms with van der Waals surface area (Å²) in [7, 11) is 0. The molecule has 0 saturated heterocycles. The summed E-state index contributed by atoms with van der Waals surface area (Å²) in [4.78, 5) is 19.1. The van der Waals surface area contributed by atoms with Crippen LogP contribution in [-0.4, -0.2) is 39.2 Å². The van der Waals surface area contributed by atoms with E-state index < -0.39 is 0 Å². The Balaban J connectivity index is 1.90. The van der Waals surface area contributed by atoms with Crippen molar-refractivity contribution >= 4 is 35.0 Å². The van der Waals surface area contributed by atoms with Crippen molar-refractivity contribution in [3.05, 3.63) is 35.9 Å². The number of carbonyl (C=O) groups is 1. The van der Waals surface area contributed by atoms with Crippen molar-refractivity contribution in [1.29, 1.82) is 0 Å². The first-order valence-electron chi connectivity index (χ1n) is 8.59. The van der Waals surface area contributed by atoms with Gasteiger partial charge in [0, 0.05) is 24.4 Å². The van der Waals surface area contributed by atoms with Gasteiger partial charge in [0.1, 0.15) is 5.69 Å². The molecular formula is C18H23ClN4OS. The maximum atomic E-state index is 13.1. The highest BCUT2D eigenvalue weighted by molar-refractivity contribution is 7.98. The first-order valence-corrected chi connectivity index (χ1v) is 10.4. The second-order valence-electron chi connectivity index (χ2n) is 6.41. The van der Waals surface area contributed by atoms with Crippen molar-refractivity contribution in [3.8, 4) is 5.69 Å². The van der Waals surface area contributed by atoms with Crippen LogP contribution in [0.5, 0.6) is 0 Å². The third-order valence-corrected chi connectivity index (χ3v) is 5.47. The van der Waals surface area contributed by atoms with E-state index in [1.165, 1.54) is 12.8 Å². The molecule has 0 aromatic carbocycles. The van der Waals surface area contributed by atoms with E-state index in [0.717, 1.165) is 24.4 Å². The number of thioether (sulfide) groups is 1. The van der Waals surface area contributed by atoms with Gasteiger partial charge in [-0.25, -0.2) is 4.68 Å². The lowest BCUT2D eigenvalue weighted by atomic mass is 10.1. The lowest BCUT2D eigenvalue weighted by Crippen LogP contribution is -2.38. The Bertz CT molecular complexity index is 717. The highest BCUT2D eigenvalue weighted by Gasteiger charge is 2.32. The lowest BCUT2D eigenvalue weighted by Gasteiger charge is -2.26. The van der Waals surface area contributed by atoms with Crippen molar-refractivity contribution in [2.45, 2.75) is 26.2 Å². The average Bonchev–Trinajstić information content (AvgIpc) is 3.38. The smallest absolute Gasteiger partial charge is 0.231 e. The van der Waals surface area contributed by atoms with Gasteiger partial charge in [0.25, 0.3) is 0 Å². The van der Waals surface area contributed by atoms with E-state index in [4.69, 9.17) is 11.6 Å². The number of halogens is 1. The van der Waals surface area contributed by atoms with Gasteiger partial charge in [-0.3, -0.25) is 9.78 Å². The summed E-state index contributed by atoms with van der Waals surface area (Å²) in [5, 5.41) is 4.74. The van der Waals surface area contributed by atoms with E-state index in [0.29, 0.717) is 16.8 Å². The summed E-state index contributed by atoms with van der Waals surface area (Å²) in [5.74, 6) is 1.56. The number of hydrogen-bond donors (Lipinski definition) is 0. The first-order chi connectivity index (χ1) is 12.1. The van der Waals surface area contributed by atoms with Crippen LogP contribution >= 0.6 is 23.4 Å². The van der Waals surface area contributed by atoms with E-state index >= 15 is 0 Å². The minimum Gasteiger partial charge on any atom is -0.308 e. The molecule has 1 amide bonds. The Labute approximate surface area is 157 Å². The van der Waals surface area contributed by atoms with Crippen LogP contribution in [0.1, 0.15) is 26.2 Å². The van der Waals surface area contributed by atoms with Crippen molar-refractivity contribution in [2.75, 3.05) is 23.5 Å². The Kier molecular flexibility index (Phi) is 6.02. The molecule has 0 radical (unpaired) electrons. The van der Waals surface area contributed by atoms with Gasteiger partial charge in [-0.2, -0.15) is 16.9 Å². The third kappa shape index (κ3) is 4.36. The normalized spacial score (nSPS) is 15.2. The molecule has 1 saturated carbocycles. The zero-order valence-corrected chi connectivity index (χ0v) is 16.1. The molecule has 1 aliphatic rings. The van der Waals surface area contributed by atoms with Crippen LogP contribution < -0.4 is 4.90 Å². The van der Waals surface area contributed by atoms with Gasteiger partial charge in [0.15, 0.2) is 5.15 Å². The second-order valence-corrected chi connectivity index (χ2v) is 7.68. The summed E-state index contributed by atoms with van der Waals surface area (Å²) >= 11 is 8.12. The van der Waals surface area contributed by atoms with Gasteiger partial charge in [-0.1, -0.05) is 18.5 Å². The van der Waals surface area contributed by atoms with Crippen LogP contribution in [0.25, 0.3) is 5.69 Å². The average molecular weight is 379 g/mol. The molecule has 1 fully saturated rings. The lowest BCUT2D eigenvalue weighted by molar-refractivity contribution is -0.121. The van der Waals surface area contributed by atoms with Crippen LogP contribution in [-0.2, 0) is 4.79 Å². The molecule has 1 atom stereocenters. The number of pyridine rings is 1. The predicted octanol–water partition coefficient (Wildman–Crippen LogP) is 4.05. The molecule has 1 aliphatic carbocycles. The fraction of sp³-hybridized carbons (Fsp3) is 0.500. The summed E-state index contributed by atoms with van der Waals surface area (Å²) in [6.07, 6.45) is 10.5. The Morgan fingerprint density at radius 3 is 2.92 bits per heavy atom. The topological polar surface area (TPSA) is 51.0 Å². The zero-order chi connectivity index (χ0) is 17.8. The SMILES string of the molecule is CCC(CSC)C(=O)N(CC1CC1)c1cn(-c2cccnc2)nc1Cl. The molecule has 1 unspecified atom stereocenters.